The fourth-order valence-electron chi connectivity index (χ4n) is 6.95. The minimum absolute atomic E-state index is 0.607. The highest BCUT2D eigenvalue weighted by atomic mass is 16.3. The van der Waals surface area contributed by atoms with E-state index in [2.05, 4.69) is 152 Å². The van der Waals surface area contributed by atoms with Gasteiger partial charge in [0.2, 0.25) is 0 Å². The quantitative estimate of drug-likeness (QED) is 0.195. The van der Waals surface area contributed by atoms with Crippen molar-refractivity contribution in [3.8, 4) is 45.3 Å². The summed E-state index contributed by atoms with van der Waals surface area (Å²) in [5, 5.41) is 9.07. The summed E-state index contributed by atoms with van der Waals surface area (Å²) >= 11 is 0. The van der Waals surface area contributed by atoms with E-state index in [1.54, 1.807) is 0 Å². The number of rotatable bonds is 4. The summed E-state index contributed by atoms with van der Waals surface area (Å²) in [6, 6.07) is 57.0. The molecule has 0 atom stereocenters. The van der Waals surface area contributed by atoms with Crippen LogP contribution >= 0.6 is 0 Å². The van der Waals surface area contributed by atoms with E-state index in [1.165, 1.54) is 21.5 Å². The topological polar surface area (TPSA) is 51.8 Å². The first-order valence-corrected chi connectivity index (χ1v) is 16.4. The van der Waals surface area contributed by atoms with E-state index in [0.29, 0.717) is 17.5 Å². The fraction of sp³-hybridized carbons (Fsp3) is 0. The Morgan fingerprint density at radius 1 is 0.327 bits per heavy atom. The largest absolute Gasteiger partial charge is 0.455 e. The molecule has 10 aromatic rings. The lowest BCUT2D eigenvalue weighted by molar-refractivity contribution is 0.670. The Bertz CT molecular complexity index is 2810. The maximum absolute atomic E-state index is 6.56. The molecule has 2 heterocycles. The minimum atomic E-state index is 0.607. The molecule has 0 saturated heterocycles. The third-order valence-electron chi connectivity index (χ3n) is 9.45. The number of hydrogen-bond donors (Lipinski definition) is 0. The molecule has 8 aromatic carbocycles. The molecule has 0 unspecified atom stereocenters. The van der Waals surface area contributed by atoms with Crippen molar-refractivity contribution in [2.75, 3.05) is 0 Å². The van der Waals surface area contributed by atoms with Gasteiger partial charge in [0.05, 0.1) is 0 Å². The molecule has 49 heavy (non-hydrogen) atoms. The summed E-state index contributed by atoms with van der Waals surface area (Å²) in [6.45, 7) is 0. The van der Waals surface area contributed by atoms with E-state index < -0.39 is 0 Å². The number of fused-ring (bicyclic) bond motifs is 6. The Kier molecular flexibility index (Phi) is 6.15. The second kappa shape index (κ2) is 11.0. The van der Waals surface area contributed by atoms with Crippen molar-refractivity contribution < 1.29 is 4.42 Å². The molecule has 0 fully saturated rings. The second-order valence-corrected chi connectivity index (χ2v) is 12.5. The van der Waals surface area contributed by atoms with E-state index in [-0.39, 0.29) is 0 Å². The van der Waals surface area contributed by atoms with E-state index >= 15 is 0 Å². The average molecular weight is 626 g/mol. The van der Waals surface area contributed by atoms with Crippen molar-refractivity contribution in [3.63, 3.8) is 0 Å². The molecule has 10 rings (SSSR count). The summed E-state index contributed by atoms with van der Waals surface area (Å²) in [4.78, 5) is 15.4. The molecule has 0 bridgehead atoms. The van der Waals surface area contributed by atoms with Crippen molar-refractivity contribution in [1.82, 2.24) is 15.0 Å². The van der Waals surface area contributed by atoms with Crippen molar-refractivity contribution in [1.29, 1.82) is 0 Å². The van der Waals surface area contributed by atoms with Gasteiger partial charge in [-0.1, -0.05) is 127 Å². The van der Waals surface area contributed by atoms with Crippen LogP contribution < -0.4 is 0 Å². The Hall–Kier alpha value is -6.65. The van der Waals surface area contributed by atoms with Gasteiger partial charge in [-0.2, -0.15) is 0 Å². The third-order valence-corrected chi connectivity index (χ3v) is 9.45. The molecule has 4 nitrogen and oxygen atoms in total. The number of hydrogen-bond acceptors (Lipinski definition) is 4. The van der Waals surface area contributed by atoms with Crippen LogP contribution in [0.1, 0.15) is 0 Å². The van der Waals surface area contributed by atoms with E-state index in [0.717, 1.165) is 60.5 Å². The summed E-state index contributed by atoms with van der Waals surface area (Å²) in [6.07, 6.45) is 0. The van der Waals surface area contributed by atoms with Gasteiger partial charge < -0.3 is 4.42 Å². The zero-order valence-corrected chi connectivity index (χ0v) is 26.3. The summed E-state index contributed by atoms with van der Waals surface area (Å²) < 4.78 is 6.56. The van der Waals surface area contributed by atoms with Gasteiger partial charge in [-0.3, -0.25) is 0 Å². The lowest BCUT2D eigenvalue weighted by Gasteiger charge is -2.12. The highest BCUT2D eigenvalue weighted by molar-refractivity contribution is 6.11. The molecule has 4 heteroatoms. The van der Waals surface area contributed by atoms with Crippen molar-refractivity contribution >= 4 is 54.3 Å². The molecular weight excluding hydrogens is 599 g/mol. The molecule has 0 aliphatic carbocycles. The fourth-order valence-corrected chi connectivity index (χ4v) is 6.95. The standard InChI is InChI=1S/C45H27N3O/c1-4-12-31-23-34(20-17-28(31)9-1)39-26-37(27-40-38-15-7-8-16-41(38)49-42(39)40)45-47-43(35-21-18-29-10-2-5-13-32(29)24-35)46-44(48-45)36-22-19-30-11-3-6-14-33(30)25-36/h1-27H. The lowest BCUT2D eigenvalue weighted by Crippen LogP contribution is -2.00. The van der Waals surface area contributed by atoms with E-state index in [1.807, 2.05) is 12.1 Å². The molecule has 0 amide bonds. The van der Waals surface area contributed by atoms with Gasteiger partial charge in [0.25, 0.3) is 0 Å². The van der Waals surface area contributed by atoms with Crippen LogP contribution in [0.25, 0.3) is 99.5 Å². The Morgan fingerprint density at radius 2 is 0.776 bits per heavy atom. The number of nitrogens with zero attached hydrogens (tertiary/aromatic N) is 3. The Labute approximate surface area is 282 Å². The van der Waals surface area contributed by atoms with Gasteiger partial charge in [-0.05, 0) is 74.3 Å². The molecule has 0 aliphatic heterocycles. The predicted octanol–water partition coefficient (Wildman–Crippen LogP) is 11.9. The second-order valence-electron chi connectivity index (χ2n) is 12.5. The predicted molar refractivity (Wildman–Crippen MR) is 201 cm³/mol. The van der Waals surface area contributed by atoms with Gasteiger partial charge in [0.15, 0.2) is 17.5 Å². The molecule has 0 spiro atoms. The zero-order valence-electron chi connectivity index (χ0n) is 26.3. The van der Waals surface area contributed by atoms with Crippen molar-refractivity contribution in [2.45, 2.75) is 0 Å². The number of para-hydroxylation sites is 1. The summed E-state index contributed by atoms with van der Waals surface area (Å²) in [5.74, 6) is 1.86. The number of furan rings is 1. The molecule has 2 aromatic heterocycles. The third kappa shape index (κ3) is 4.73. The van der Waals surface area contributed by atoms with Crippen molar-refractivity contribution in [2.24, 2.45) is 0 Å². The van der Waals surface area contributed by atoms with E-state index in [9.17, 15) is 0 Å². The SMILES string of the molecule is c1ccc2cc(-c3nc(-c4ccc5ccccc5c4)nc(-c4cc(-c5ccc6ccccc6c5)c5oc6ccccc6c5c4)n3)ccc2c1. The molecular formula is C45H27N3O. The normalized spacial score (nSPS) is 11.7. The first-order valence-electron chi connectivity index (χ1n) is 16.4. The van der Waals surface area contributed by atoms with Gasteiger partial charge in [0, 0.05) is 33.0 Å². The molecule has 0 N–H and O–H groups in total. The molecule has 0 aliphatic rings. The first kappa shape index (κ1) is 27.5. The Morgan fingerprint density at radius 3 is 1.35 bits per heavy atom. The highest BCUT2D eigenvalue weighted by Crippen LogP contribution is 2.40. The highest BCUT2D eigenvalue weighted by Gasteiger charge is 2.19. The summed E-state index contributed by atoms with van der Waals surface area (Å²) in [7, 11) is 0. The number of aromatic nitrogens is 3. The van der Waals surface area contributed by atoms with Crippen LogP contribution in [-0.2, 0) is 0 Å². The van der Waals surface area contributed by atoms with Crippen LogP contribution in [-0.4, -0.2) is 15.0 Å². The van der Waals surface area contributed by atoms with Crippen molar-refractivity contribution in [3.05, 3.63) is 164 Å². The van der Waals surface area contributed by atoms with E-state index in [4.69, 9.17) is 19.4 Å². The first-order chi connectivity index (χ1) is 24.2. The van der Waals surface area contributed by atoms with Gasteiger partial charge >= 0.3 is 0 Å². The van der Waals surface area contributed by atoms with Crippen LogP contribution in [0, 0.1) is 0 Å². The maximum atomic E-state index is 6.56. The monoisotopic (exact) mass is 625 g/mol. The average Bonchev–Trinajstić information content (AvgIpc) is 3.55. The van der Waals surface area contributed by atoms with Gasteiger partial charge in [-0.15, -0.1) is 0 Å². The summed E-state index contributed by atoms with van der Waals surface area (Å²) in [5.41, 5.74) is 6.54. The van der Waals surface area contributed by atoms with Crippen LogP contribution in [0.4, 0.5) is 0 Å². The zero-order chi connectivity index (χ0) is 32.3. The lowest BCUT2D eigenvalue weighted by atomic mass is 9.96. The van der Waals surface area contributed by atoms with Crippen LogP contribution in [0.5, 0.6) is 0 Å². The maximum Gasteiger partial charge on any atom is 0.164 e. The molecule has 228 valence electrons. The van der Waals surface area contributed by atoms with Crippen LogP contribution in [0.15, 0.2) is 168 Å². The minimum Gasteiger partial charge on any atom is -0.455 e. The Balaban J connectivity index is 1.24. The van der Waals surface area contributed by atoms with Crippen LogP contribution in [0.2, 0.25) is 0 Å². The molecule has 0 saturated carbocycles. The molecule has 0 radical (unpaired) electrons. The smallest absolute Gasteiger partial charge is 0.164 e. The number of benzene rings is 8. The van der Waals surface area contributed by atoms with Gasteiger partial charge in [0.1, 0.15) is 11.2 Å². The van der Waals surface area contributed by atoms with Crippen LogP contribution in [0.3, 0.4) is 0 Å². The van der Waals surface area contributed by atoms with Gasteiger partial charge in [-0.25, -0.2) is 15.0 Å².